The first-order valence-corrected chi connectivity index (χ1v) is 8.37. The smallest absolute Gasteiger partial charge is 0.152 e. The molecule has 3 heteroatoms. The molecular formula is C18H24ClNO. The summed E-state index contributed by atoms with van der Waals surface area (Å²) in [7, 11) is 0. The van der Waals surface area contributed by atoms with Crippen molar-refractivity contribution in [3.05, 3.63) is 35.0 Å². The molecule has 114 valence electrons. The number of rotatable bonds is 9. The van der Waals surface area contributed by atoms with Gasteiger partial charge < -0.3 is 4.57 Å². The van der Waals surface area contributed by atoms with Gasteiger partial charge in [0, 0.05) is 28.7 Å². The summed E-state index contributed by atoms with van der Waals surface area (Å²) in [5.74, 6) is 0. The van der Waals surface area contributed by atoms with E-state index in [9.17, 15) is 4.79 Å². The molecule has 0 radical (unpaired) electrons. The van der Waals surface area contributed by atoms with Crippen molar-refractivity contribution in [2.75, 3.05) is 0 Å². The van der Waals surface area contributed by atoms with Gasteiger partial charge >= 0.3 is 0 Å². The molecule has 0 aliphatic heterocycles. The van der Waals surface area contributed by atoms with Gasteiger partial charge in [0.1, 0.15) is 0 Å². The molecule has 2 rings (SSSR count). The Morgan fingerprint density at radius 3 is 2.52 bits per heavy atom. The van der Waals surface area contributed by atoms with E-state index in [1.807, 2.05) is 24.4 Å². The fourth-order valence-corrected chi connectivity index (χ4v) is 2.98. The summed E-state index contributed by atoms with van der Waals surface area (Å²) in [4.78, 5) is 11.1. The molecule has 0 saturated heterocycles. The maximum absolute atomic E-state index is 11.1. The summed E-state index contributed by atoms with van der Waals surface area (Å²) in [5.41, 5.74) is 1.82. The summed E-state index contributed by atoms with van der Waals surface area (Å²) in [6.07, 6.45) is 11.9. The summed E-state index contributed by atoms with van der Waals surface area (Å²) < 4.78 is 2.16. The van der Waals surface area contributed by atoms with Crippen molar-refractivity contribution in [1.29, 1.82) is 0 Å². The molecule has 0 N–H and O–H groups in total. The number of carbonyl (C=O) groups is 1. The fourth-order valence-electron chi connectivity index (χ4n) is 2.81. The Kier molecular flexibility index (Phi) is 6.31. The minimum Gasteiger partial charge on any atom is -0.347 e. The number of benzene rings is 1. The Hall–Kier alpha value is -1.28. The summed E-state index contributed by atoms with van der Waals surface area (Å²) in [6.45, 7) is 3.20. The summed E-state index contributed by atoms with van der Waals surface area (Å²) >= 11 is 6.07. The van der Waals surface area contributed by atoms with Crippen LogP contribution in [0.2, 0.25) is 5.02 Å². The molecule has 1 heterocycles. The topological polar surface area (TPSA) is 22.0 Å². The van der Waals surface area contributed by atoms with Gasteiger partial charge in [0.2, 0.25) is 0 Å². The van der Waals surface area contributed by atoms with Crippen molar-refractivity contribution < 1.29 is 4.79 Å². The number of aryl methyl sites for hydroxylation is 1. The van der Waals surface area contributed by atoms with Crippen LogP contribution in [-0.2, 0) is 6.54 Å². The van der Waals surface area contributed by atoms with Gasteiger partial charge in [0.05, 0.1) is 5.52 Å². The van der Waals surface area contributed by atoms with Crippen molar-refractivity contribution in [3.63, 3.8) is 0 Å². The van der Waals surface area contributed by atoms with Crippen LogP contribution in [0.5, 0.6) is 0 Å². The van der Waals surface area contributed by atoms with Crippen LogP contribution >= 0.6 is 11.6 Å². The molecule has 0 saturated carbocycles. The number of carbonyl (C=O) groups excluding carboxylic acids is 1. The van der Waals surface area contributed by atoms with Crippen LogP contribution in [0.4, 0.5) is 0 Å². The van der Waals surface area contributed by atoms with Crippen LogP contribution < -0.4 is 0 Å². The molecule has 0 fully saturated rings. The quantitative estimate of drug-likeness (QED) is 0.420. The first-order valence-electron chi connectivity index (χ1n) is 8.00. The van der Waals surface area contributed by atoms with E-state index in [0.717, 1.165) is 40.7 Å². The van der Waals surface area contributed by atoms with Crippen molar-refractivity contribution >= 4 is 28.8 Å². The third-order valence-corrected chi connectivity index (χ3v) is 4.24. The summed E-state index contributed by atoms with van der Waals surface area (Å²) in [5, 5.41) is 1.72. The molecule has 0 aliphatic carbocycles. The number of halogens is 1. The first-order chi connectivity index (χ1) is 10.3. The normalized spacial score (nSPS) is 11.1. The van der Waals surface area contributed by atoms with Gasteiger partial charge in [-0.15, -0.1) is 0 Å². The van der Waals surface area contributed by atoms with Crippen LogP contribution in [0, 0.1) is 0 Å². The predicted octanol–water partition coefficient (Wildman–Crippen LogP) is 5.86. The number of hydrogen-bond acceptors (Lipinski definition) is 1. The zero-order valence-electron chi connectivity index (χ0n) is 12.8. The molecule has 1 aromatic heterocycles. The number of fused-ring (bicyclic) bond motifs is 1. The van der Waals surface area contributed by atoms with Gasteiger partial charge in [0.25, 0.3) is 0 Å². The number of nitrogens with zero attached hydrogens (tertiary/aromatic N) is 1. The van der Waals surface area contributed by atoms with E-state index in [1.54, 1.807) is 0 Å². The number of hydrogen-bond donors (Lipinski definition) is 0. The van der Waals surface area contributed by atoms with Gasteiger partial charge in [-0.2, -0.15) is 0 Å². The molecule has 1 aromatic carbocycles. The highest BCUT2D eigenvalue weighted by molar-refractivity contribution is 6.31. The Labute approximate surface area is 132 Å². The van der Waals surface area contributed by atoms with Crippen LogP contribution in [-0.4, -0.2) is 10.9 Å². The molecule has 0 unspecified atom stereocenters. The van der Waals surface area contributed by atoms with Crippen molar-refractivity contribution in [3.8, 4) is 0 Å². The molecule has 21 heavy (non-hydrogen) atoms. The van der Waals surface area contributed by atoms with E-state index in [2.05, 4.69) is 11.5 Å². The molecule has 0 aliphatic rings. The maximum Gasteiger partial charge on any atom is 0.152 e. The summed E-state index contributed by atoms with van der Waals surface area (Å²) in [6, 6.07) is 5.72. The molecular weight excluding hydrogens is 282 g/mol. The van der Waals surface area contributed by atoms with E-state index in [0.29, 0.717) is 0 Å². The second kappa shape index (κ2) is 8.23. The van der Waals surface area contributed by atoms with E-state index in [4.69, 9.17) is 11.6 Å². The second-order valence-electron chi connectivity index (χ2n) is 5.68. The van der Waals surface area contributed by atoms with Gasteiger partial charge in [-0.25, -0.2) is 0 Å². The van der Waals surface area contributed by atoms with Crippen LogP contribution in [0.15, 0.2) is 24.4 Å². The zero-order chi connectivity index (χ0) is 15.1. The lowest BCUT2D eigenvalue weighted by atomic mass is 10.1. The van der Waals surface area contributed by atoms with Gasteiger partial charge in [0.15, 0.2) is 6.29 Å². The maximum atomic E-state index is 11.1. The van der Waals surface area contributed by atoms with E-state index in [-0.39, 0.29) is 0 Å². The van der Waals surface area contributed by atoms with E-state index < -0.39 is 0 Å². The third kappa shape index (κ3) is 4.34. The molecule has 0 atom stereocenters. The highest BCUT2D eigenvalue weighted by atomic mass is 35.5. The fraction of sp³-hybridized carbons (Fsp3) is 0.500. The lowest BCUT2D eigenvalue weighted by molar-refractivity contribution is 0.112. The van der Waals surface area contributed by atoms with Crippen LogP contribution in [0.25, 0.3) is 10.9 Å². The van der Waals surface area contributed by atoms with Crippen molar-refractivity contribution in [1.82, 2.24) is 4.57 Å². The third-order valence-electron chi connectivity index (χ3n) is 4.00. The Balaban J connectivity index is 1.92. The molecule has 0 bridgehead atoms. The van der Waals surface area contributed by atoms with Crippen LogP contribution in [0.3, 0.4) is 0 Å². The second-order valence-corrected chi connectivity index (χ2v) is 6.11. The lowest BCUT2D eigenvalue weighted by Gasteiger charge is -2.06. The van der Waals surface area contributed by atoms with Crippen LogP contribution in [0.1, 0.15) is 62.2 Å². The van der Waals surface area contributed by atoms with Gasteiger partial charge in [-0.05, 0) is 18.6 Å². The minimum absolute atomic E-state index is 0.721. The average Bonchev–Trinajstić information content (AvgIpc) is 2.83. The number of aldehydes is 1. The molecule has 2 nitrogen and oxygen atoms in total. The van der Waals surface area contributed by atoms with Gasteiger partial charge in [-0.1, -0.05) is 63.1 Å². The molecule has 2 aromatic rings. The first kappa shape index (κ1) is 16.1. The van der Waals surface area contributed by atoms with Crippen molar-refractivity contribution in [2.45, 2.75) is 58.4 Å². The standard InChI is InChI=1S/C18H24ClNO/c1-2-3-4-5-6-7-8-11-20-13-15(14-21)17-10-9-16(19)12-18(17)20/h9-10,12-14H,2-8,11H2,1H3. The largest absolute Gasteiger partial charge is 0.347 e. The SMILES string of the molecule is CCCCCCCCCn1cc(C=O)c2ccc(Cl)cc21. The molecule has 0 spiro atoms. The highest BCUT2D eigenvalue weighted by Crippen LogP contribution is 2.24. The minimum atomic E-state index is 0.721. The predicted molar refractivity (Wildman–Crippen MR) is 90.3 cm³/mol. The Bertz CT molecular complexity index is 588. The van der Waals surface area contributed by atoms with E-state index in [1.165, 1.54) is 38.5 Å². The Morgan fingerprint density at radius 1 is 1.10 bits per heavy atom. The average molecular weight is 306 g/mol. The zero-order valence-corrected chi connectivity index (χ0v) is 13.5. The van der Waals surface area contributed by atoms with Gasteiger partial charge in [-0.3, -0.25) is 4.79 Å². The lowest BCUT2D eigenvalue weighted by Crippen LogP contribution is -1.96. The molecule has 0 amide bonds. The van der Waals surface area contributed by atoms with E-state index >= 15 is 0 Å². The number of aromatic nitrogens is 1. The monoisotopic (exact) mass is 305 g/mol. The number of unbranched alkanes of at least 4 members (excludes halogenated alkanes) is 6. The van der Waals surface area contributed by atoms with Crippen molar-refractivity contribution in [2.24, 2.45) is 0 Å². The Morgan fingerprint density at radius 2 is 1.81 bits per heavy atom. The highest BCUT2D eigenvalue weighted by Gasteiger charge is 2.08.